The van der Waals surface area contributed by atoms with Crippen LogP contribution in [0.4, 0.5) is 0 Å². The summed E-state index contributed by atoms with van der Waals surface area (Å²) in [6, 6.07) is 4.28. The number of piperidine rings is 1. The molecular formula is C29H42N2O5. The number of ether oxygens (including phenoxy) is 3. The Hall–Kier alpha value is -2.38. The van der Waals surface area contributed by atoms with Crippen LogP contribution in [0, 0.1) is 17.8 Å². The normalized spacial score (nSPS) is 29.2. The Labute approximate surface area is 215 Å². The first-order valence-electron chi connectivity index (χ1n) is 13.3. The van der Waals surface area contributed by atoms with Crippen molar-refractivity contribution in [2.75, 3.05) is 26.7 Å². The minimum atomic E-state index is -0.439. The van der Waals surface area contributed by atoms with Gasteiger partial charge < -0.3 is 24.4 Å². The maximum atomic E-state index is 11.7. The number of nitrogens with zero attached hydrogens (tertiary/aromatic N) is 1. The minimum Gasteiger partial charge on any atom is -0.481 e. The van der Waals surface area contributed by atoms with E-state index in [2.05, 4.69) is 57.1 Å². The van der Waals surface area contributed by atoms with Gasteiger partial charge in [0.1, 0.15) is 6.10 Å². The zero-order chi connectivity index (χ0) is 26.2. The van der Waals surface area contributed by atoms with Gasteiger partial charge in [-0.1, -0.05) is 39.8 Å². The Kier molecular flexibility index (Phi) is 7.81. The van der Waals surface area contributed by atoms with E-state index in [0.717, 1.165) is 49.9 Å². The van der Waals surface area contributed by atoms with Crippen molar-refractivity contribution < 1.29 is 23.8 Å². The lowest BCUT2D eigenvalue weighted by Gasteiger charge is -2.56. The zero-order valence-electron chi connectivity index (χ0n) is 22.8. The lowest BCUT2D eigenvalue weighted by molar-refractivity contribution is -0.152. The minimum absolute atomic E-state index is 0.245. The Morgan fingerprint density at radius 3 is 2.42 bits per heavy atom. The van der Waals surface area contributed by atoms with E-state index in [1.807, 2.05) is 12.1 Å². The largest absolute Gasteiger partial charge is 0.481 e. The number of carbonyl (C=O) groups excluding carboxylic acids is 2. The van der Waals surface area contributed by atoms with Crippen LogP contribution in [0.1, 0.15) is 59.1 Å². The van der Waals surface area contributed by atoms with Crippen LogP contribution >= 0.6 is 0 Å². The highest BCUT2D eigenvalue weighted by atomic mass is 16.6. The number of carbonyl (C=O) groups is 2. The first kappa shape index (κ1) is 26.7. The molecule has 5 atom stereocenters. The van der Waals surface area contributed by atoms with Gasteiger partial charge in [0.15, 0.2) is 17.6 Å². The van der Waals surface area contributed by atoms with Crippen molar-refractivity contribution in [3.8, 4) is 11.5 Å². The predicted octanol–water partition coefficient (Wildman–Crippen LogP) is 3.88. The molecule has 1 aromatic rings. The third kappa shape index (κ3) is 4.92. The van der Waals surface area contributed by atoms with E-state index in [0.29, 0.717) is 17.5 Å². The molecule has 5 rings (SSSR count). The molecule has 2 bridgehead atoms. The standard InChI is InChI=1S/C21H23NO5.C8H19N/c1-11(23)25-16-6-4-13-10-15-14-5-7-17(26-12(2)24)20-21(14,8-9-22(15)3)18(13)19(16)27-20;1-7(2)5-9-6-8(3)4/h4-7,14-15,17,20H,8-10H2,1-3H3;7-9H,5-6H2,1-4H3/t14-,15+,17-,20-,21-;/m0./s1. The average Bonchev–Trinajstić information content (AvgIpc) is 3.13. The summed E-state index contributed by atoms with van der Waals surface area (Å²) in [5.41, 5.74) is 2.15. The summed E-state index contributed by atoms with van der Waals surface area (Å²) in [5.74, 6) is 2.27. The zero-order valence-corrected chi connectivity index (χ0v) is 22.8. The summed E-state index contributed by atoms with van der Waals surface area (Å²) in [4.78, 5) is 25.7. The highest BCUT2D eigenvalue weighted by Crippen LogP contribution is 2.62. The number of likely N-dealkylation sites (N-methyl/N-ethyl adjacent to an activating group) is 1. The second-order valence-corrected chi connectivity index (χ2v) is 11.5. The third-order valence-corrected chi connectivity index (χ3v) is 7.78. The Morgan fingerprint density at radius 2 is 1.81 bits per heavy atom. The molecule has 4 aliphatic rings. The lowest BCUT2D eigenvalue weighted by Crippen LogP contribution is -2.65. The number of benzene rings is 1. The second kappa shape index (κ2) is 10.5. The molecule has 1 spiro atoms. The second-order valence-electron chi connectivity index (χ2n) is 11.5. The summed E-state index contributed by atoms with van der Waals surface area (Å²) in [7, 11) is 2.17. The highest BCUT2D eigenvalue weighted by molar-refractivity contribution is 5.73. The van der Waals surface area contributed by atoms with Gasteiger partial charge in [-0.3, -0.25) is 9.59 Å². The summed E-state index contributed by atoms with van der Waals surface area (Å²) in [6.07, 6.45) is 5.31. The molecule has 1 fully saturated rings. The quantitative estimate of drug-likeness (QED) is 0.362. The van der Waals surface area contributed by atoms with Crippen molar-refractivity contribution in [1.29, 1.82) is 0 Å². The van der Waals surface area contributed by atoms with Gasteiger partial charge in [0.25, 0.3) is 0 Å². The van der Waals surface area contributed by atoms with Crippen LogP contribution < -0.4 is 14.8 Å². The molecule has 7 nitrogen and oxygen atoms in total. The van der Waals surface area contributed by atoms with Crippen LogP contribution in [0.5, 0.6) is 11.5 Å². The van der Waals surface area contributed by atoms with Crippen molar-refractivity contribution >= 4 is 11.9 Å². The average molecular weight is 499 g/mol. The molecule has 0 radical (unpaired) electrons. The topological polar surface area (TPSA) is 77.1 Å². The Balaban J connectivity index is 0.000000292. The van der Waals surface area contributed by atoms with Crippen molar-refractivity contribution in [3.05, 3.63) is 35.4 Å². The van der Waals surface area contributed by atoms with Gasteiger partial charge in [0.2, 0.25) is 0 Å². The smallest absolute Gasteiger partial charge is 0.308 e. The third-order valence-electron chi connectivity index (χ3n) is 7.78. The van der Waals surface area contributed by atoms with E-state index >= 15 is 0 Å². The Morgan fingerprint density at radius 1 is 1.11 bits per heavy atom. The van der Waals surface area contributed by atoms with Crippen LogP contribution in [-0.4, -0.2) is 61.8 Å². The van der Waals surface area contributed by atoms with E-state index < -0.39 is 6.10 Å². The van der Waals surface area contributed by atoms with Crippen molar-refractivity contribution in [2.45, 2.75) is 78.0 Å². The van der Waals surface area contributed by atoms with E-state index in [1.54, 1.807) is 0 Å². The fourth-order valence-corrected chi connectivity index (χ4v) is 6.40. The molecule has 0 amide bonds. The molecule has 36 heavy (non-hydrogen) atoms. The molecule has 198 valence electrons. The van der Waals surface area contributed by atoms with E-state index in [9.17, 15) is 9.59 Å². The van der Waals surface area contributed by atoms with E-state index in [4.69, 9.17) is 14.2 Å². The van der Waals surface area contributed by atoms with Crippen LogP contribution in [0.15, 0.2) is 24.3 Å². The number of nitrogens with one attached hydrogen (secondary N) is 1. The molecule has 1 saturated heterocycles. The van der Waals surface area contributed by atoms with E-state index in [-0.39, 0.29) is 29.4 Å². The Bertz CT molecular complexity index is 1010. The van der Waals surface area contributed by atoms with Crippen LogP contribution in [0.3, 0.4) is 0 Å². The van der Waals surface area contributed by atoms with Gasteiger partial charge in [-0.15, -0.1) is 0 Å². The maximum absolute atomic E-state index is 11.7. The summed E-state index contributed by atoms with van der Waals surface area (Å²) in [5, 5.41) is 3.38. The molecule has 2 aliphatic heterocycles. The first-order valence-corrected chi connectivity index (χ1v) is 13.3. The van der Waals surface area contributed by atoms with Crippen molar-refractivity contribution in [2.24, 2.45) is 17.8 Å². The van der Waals surface area contributed by atoms with Gasteiger partial charge in [-0.2, -0.15) is 0 Å². The number of likely N-dealkylation sites (tertiary alicyclic amines) is 1. The molecule has 0 aromatic heterocycles. The van der Waals surface area contributed by atoms with Gasteiger partial charge in [0.05, 0.1) is 0 Å². The SMILES string of the molecule is CC(=O)Oc1ccc2c3c1O[C@H]1[C@@H](OC(C)=O)C=C[C@H]4[C@@H](C2)N(C)CC[C@@]341.CC(C)CNCC(C)C. The molecule has 0 saturated carbocycles. The van der Waals surface area contributed by atoms with Crippen molar-refractivity contribution in [3.63, 3.8) is 0 Å². The van der Waals surface area contributed by atoms with E-state index in [1.165, 1.54) is 19.4 Å². The highest BCUT2D eigenvalue weighted by Gasteiger charge is 2.65. The lowest BCUT2D eigenvalue weighted by atomic mass is 9.53. The van der Waals surface area contributed by atoms with Crippen LogP contribution in [0.25, 0.3) is 0 Å². The van der Waals surface area contributed by atoms with Crippen molar-refractivity contribution in [1.82, 2.24) is 10.2 Å². The molecular weight excluding hydrogens is 456 g/mol. The molecule has 0 unspecified atom stereocenters. The molecule has 1 aromatic carbocycles. The molecule has 1 N–H and O–H groups in total. The predicted molar refractivity (Wildman–Crippen MR) is 139 cm³/mol. The molecule has 2 heterocycles. The fourth-order valence-electron chi connectivity index (χ4n) is 6.40. The summed E-state index contributed by atoms with van der Waals surface area (Å²) in [6.45, 7) is 15.0. The molecule has 7 heteroatoms. The van der Waals surface area contributed by atoms with Gasteiger partial charge >= 0.3 is 11.9 Å². The number of rotatable bonds is 6. The maximum Gasteiger partial charge on any atom is 0.308 e. The van der Waals surface area contributed by atoms with Gasteiger partial charge in [-0.05, 0) is 69.1 Å². The molecule has 2 aliphatic carbocycles. The van der Waals surface area contributed by atoms with Crippen LogP contribution in [0.2, 0.25) is 0 Å². The van der Waals surface area contributed by atoms with Gasteiger partial charge in [0, 0.05) is 36.8 Å². The number of esters is 2. The first-order chi connectivity index (χ1) is 17.0. The number of hydrogen-bond acceptors (Lipinski definition) is 7. The fraction of sp³-hybridized carbons (Fsp3) is 0.655. The number of hydrogen-bond donors (Lipinski definition) is 1. The monoisotopic (exact) mass is 498 g/mol. The summed E-state index contributed by atoms with van der Waals surface area (Å²) < 4.78 is 17.5. The van der Waals surface area contributed by atoms with Gasteiger partial charge in [-0.25, -0.2) is 0 Å². The van der Waals surface area contributed by atoms with Crippen LogP contribution in [-0.2, 0) is 26.2 Å². The summed E-state index contributed by atoms with van der Waals surface area (Å²) >= 11 is 0.